The predicted molar refractivity (Wildman–Crippen MR) is 89.3 cm³/mol. The first-order valence-electron chi connectivity index (χ1n) is 7.18. The van der Waals surface area contributed by atoms with E-state index in [1.807, 2.05) is 24.3 Å². The Kier molecular flexibility index (Phi) is 4.71. The van der Waals surface area contributed by atoms with Gasteiger partial charge >= 0.3 is 0 Å². The van der Waals surface area contributed by atoms with Crippen molar-refractivity contribution in [3.8, 4) is 17.2 Å². The molecule has 0 fully saturated rings. The number of methoxy groups -OCH3 is 1. The Morgan fingerprint density at radius 2 is 1.91 bits per heavy atom. The summed E-state index contributed by atoms with van der Waals surface area (Å²) in [7, 11) is 1.61. The zero-order valence-corrected chi connectivity index (χ0v) is 14.2. The normalized spacial score (nSPS) is 12.6. The predicted octanol–water partition coefficient (Wildman–Crippen LogP) is 3.16. The van der Waals surface area contributed by atoms with Crippen LogP contribution in [0.5, 0.6) is 17.2 Å². The van der Waals surface area contributed by atoms with Crippen LogP contribution in [0.4, 0.5) is 0 Å². The first-order valence-corrected chi connectivity index (χ1v) is 7.97. The molecule has 0 aliphatic carbocycles. The van der Waals surface area contributed by atoms with Crippen molar-refractivity contribution in [3.05, 3.63) is 52.0 Å². The molecule has 1 heterocycles. The average Bonchev–Trinajstić information content (AvgIpc) is 2.59. The van der Waals surface area contributed by atoms with Crippen LogP contribution >= 0.6 is 15.9 Å². The molecule has 0 bridgehead atoms. The van der Waals surface area contributed by atoms with Gasteiger partial charge in [-0.3, -0.25) is 4.79 Å². The third-order valence-electron chi connectivity index (χ3n) is 3.51. The van der Waals surface area contributed by atoms with Crippen molar-refractivity contribution >= 4 is 21.8 Å². The van der Waals surface area contributed by atoms with E-state index in [0.717, 1.165) is 11.3 Å². The third-order valence-corrected chi connectivity index (χ3v) is 4.16. The average molecular weight is 378 g/mol. The van der Waals surface area contributed by atoms with Gasteiger partial charge in [0.05, 0.1) is 12.7 Å². The van der Waals surface area contributed by atoms with Crippen molar-refractivity contribution in [2.75, 3.05) is 20.3 Å². The van der Waals surface area contributed by atoms with Gasteiger partial charge in [-0.25, -0.2) is 0 Å². The molecule has 1 N–H and O–H groups in total. The smallest absolute Gasteiger partial charge is 0.252 e. The van der Waals surface area contributed by atoms with Crippen molar-refractivity contribution in [2.24, 2.45) is 0 Å². The Morgan fingerprint density at radius 1 is 1.22 bits per heavy atom. The lowest BCUT2D eigenvalue weighted by Gasteiger charge is -2.19. The molecule has 0 saturated carbocycles. The van der Waals surface area contributed by atoms with Gasteiger partial charge in [0.15, 0.2) is 11.5 Å². The molecule has 0 spiro atoms. The summed E-state index contributed by atoms with van der Waals surface area (Å²) in [6.07, 6.45) is 0. The fourth-order valence-electron chi connectivity index (χ4n) is 2.36. The summed E-state index contributed by atoms with van der Waals surface area (Å²) >= 11 is 3.41. The molecule has 23 heavy (non-hydrogen) atoms. The van der Waals surface area contributed by atoms with Gasteiger partial charge in [0.25, 0.3) is 5.91 Å². The van der Waals surface area contributed by atoms with Crippen LogP contribution in [0, 0.1) is 0 Å². The highest BCUT2D eigenvalue weighted by Gasteiger charge is 2.18. The summed E-state index contributed by atoms with van der Waals surface area (Å²) in [5, 5.41) is 2.89. The van der Waals surface area contributed by atoms with E-state index in [9.17, 15) is 4.79 Å². The number of benzene rings is 2. The largest absolute Gasteiger partial charge is 0.496 e. The molecule has 5 nitrogen and oxygen atoms in total. The van der Waals surface area contributed by atoms with Gasteiger partial charge in [-0.05, 0) is 34.1 Å². The number of amides is 1. The number of hydrogen-bond acceptors (Lipinski definition) is 4. The second kappa shape index (κ2) is 6.91. The first kappa shape index (κ1) is 15.7. The highest BCUT2D eigenvalue weighted by atomic mass is 79.9. The quantitative estimate of drug-likeness (QED) is 0.888. The highest BCUT2D eigenvalue weighted by molar-refractivity contribution is 9.10. The van der Waals surface area contributed by atoms with E-state index in [1.165, 1.54) is 0 Å². The molecule has 1 amide bonds. The van der Waals surface area contributed by atoms with Crippen molar-refractivity contribution in [1.82, 2.24) is 5.32 Å². The van der Waals surface area contributed by atoms with E-state index >= 15 is 0 Å². The maximum atomic E-state index is 12.4. The Morgan fingerprint density at radius 3 is 2.65 bits per heavy atom. The molecule has 0 atom stereocenters. The molecule has 2 aromatic rings. The number of halogens is 1. The monoisotopic (exact) mass is 377 g/mol. The van der Waals surface area contributed by atoms with Crippen LogP contribution in [0.1, 0.15) is 15.9 Å². The van der Waals surface area contributed by atoms with Gasteiger partial charge < -0.3 is 19.5 Å². The highest BCUT2D eigenvalue weighted by Crippen LogP contribution is 2.35. The Balaban J connectivity index is 1.76. The van der Waals surface area contributed by atoms with Crippen LogP contribution < -0.4 is 19.5 Å². The number of rotatable bonds is 4. The van der Waals surface area contributed by atoms with Crippen molar-refractivity contribution in [1.29, 1.82) is 0 Å². The molecule has 6 heteroatoms. The molecule has 0 aromatic heterocycles. The number of ether oxygens (including phenoxy) is 3. The second-order valence-corrected chi connectivity index (χ2v) is 5.82. The number of carbonyl (C=O) groups is 1. The lowest BCUT2D eigenvalue weighted by atomic mass is 10.1. The minimum atomic E-state index is -0.195. The molecule has 2 aromatic carbocycles. The molecule has 1 aliphatic heterocycles. The topological polar surface area (TPSA) is 56.8 Å². The minimum Gasteiger partial charge on any atom is -0.496 e. The van der Waals surface area contributed by atoms with Crippen LogP contribution in [0.25, 0.3) is 0 Å². The number of hydrogen-bond donors (Lipinski definition) is 1. The molecule has 0 radical (unpaired) electrons. The van der Waals surface area contributed by atoms with Gasteiger partial charge in [-0.15, -0.1) is 0 Å². The lowest BCUT2D eigenvalue weighted by Crippen LogP contribution is -2.24. The number of fused-ring (bicyclic) bond motifs is 1. The molecular weight excluding hydrogens is 362 g/mol. The maximum Gasteiger partial charge on any atom is 0.252 e. The number of para-hydroxylation sites is 1. The van der Waals surface area contributed by atoms with Gasteiger partial charge in [0.2, 0.25) is 0 Å². The summed E-state index contributed by atoms with van der Waals surface area (Å²) in [5.41, 5.74) is 1.42. The van der Waals surface area contributed by atoms with E-state index in [0.29, 0.717) is 41.3 Å². The zero-order valence-electron chi connectivity index (χ0n) is 12.6. The van der Waals surface area contributed by atoms with Crippen LogP contribution in [-0.2, 0) is 6.54 Å². The SMILES string of the molecule is COc1ccccc1CNC(=O)c1cc2c(cc1Br)OCCO2. The molecule has 120 valence electrons. The Bertz CT molecular complexity index is 733. The first-order chi connectivity index (χ1) is 11.2. The van der Waals surface area contributed by atoms with Crippen molar-refractivity contribution in [3.63, 3.8) is 0 Å². The number of nitrogens with one attached hydrogen (secondary N) is 1. The lowest BCUT2D eigenvalue weighted by molar-refractivity contribution is 0.0948. The van der Waals surface area contributed by atoms with E-state index < -0.39 is 0 Å². The van der Waals surface area contributed by atoms with E-state index in [4.69, 9.17) is 14.2 Å². The van der Waals surface area contributed by atoms with Gasteiger partial charge in [0, 0.05) is 16.6 Å². The van der Waals surface area contributed by atoms with Crippen LogP contribution in [0.3, 0.4) is 0 Å². The van der Waals surface area contributed by atoms with Gasteiger partial charge in [0.1, 0.15) is 19.0 Å². The molecule has 0 saturated heterocycles. The molecule has 3 rings (SSSR count). The van der Waals surface area contributed by atoms with Gasteiger partial charge in [-0.1, -0.05) is 18.2 Å². The molecular formula is C17H16BrNO4. The Labute approximate surface area is 142 Å². The Hall–Kier alpha value is -2.21. The number of carbonyl (C=O) groups excluding carboxylic acids is 1. The summed E-state index contributed by atoms with van der Waals surface area (Å²) in [6, 6.07) is 11.0. The van der Waals surface area contributed by atoms with Crippen LogP contribution in [-0.4, -0.2) is 26.2 Å². The standard InChI is InChI=1S/C17H16BrNO4/c1-21-14-5-3-2-4-11(14)10-19-17(20)12-8-15-16(9-13(12)18)23-7-6-22-15/h2-5,8-9H,6-7,10H2,1H3,(H,19,20). The third kappa shape index (κ3) is 3.42. The van der Waals surface area contributed by atoms with E-state index in [1.54, 1.807) is 19.2 Å². The van der Waals surface area contributed by atoms with Gasteiger partial charge in [-0.2, -0.15) is 0 Å². The summed E-state index contributed by atoms with van der Waals surface area (Å²) < 4.78 is 17.0. The van der Waals surface area contributed by atoms with Crippen molar-refractivity contribution in [2.45, 2.75) is 6.54 Å². The fourth-order valence-corrected chi connectivity index (χ4v) is 2.86. The van der Waals surface area contributed by atoms with Crippen molar-refractivity contribution < 1.29 is 19.0 Å². The second-order valence-electron chi connectivity index (χ2n) is 4.97. The fraction of sp³-hybridized carbons (Fsp3) is 0.235. The van der Waals surface area contributed by atoms with Crippen LogP contribution in [0.2, 0.25) is 0 Å². The van der Waals surface area contributed by atoms with E-state index in [-0.39, 0.29) is 5.91 Å². The van der Waals surface area contributed by atoms with Crippen LogP contribution in [0.15, 0.2) is 40.9 Å². The summed E-state index contributed by atoms with van der Waals surface area (Å²) in [4.78, 5) is 12.4. The maximum absolute atomic E-state index is 12.4. The molecule has 0 unspecified atom stereocenters. The minimum absolute atomic E-state index is 0.195. The van der Waals surface area contributed by atoms with E-state index in [2.05, 4.69) is 21.2 Å². The summed E-state index contributed by atoms with van der Waals surface area (Å²) in [5.74, 6) is 1.78. The molecule has 1 aliphatic rings. The zero-order chi connectivity index (χ0) is 16.2. The summed E-state index contributed by atoms with van der Waals surface area (Å²) in [6.45, 7) is 1.37.